The highest BCUT2D eigenvalue weighted by Gasteiger charge is 2.16. The summed E-state index contributed by atoms with van der Waals surface area (Å²) in [5, 5.41) is 0.197. The fourth-order valence-corrected chi connectivity index (χ4v) is 1.28. The lowest BCUT2D eigenvalue weighted by Crippen LogP contribution is -2.07. The first kappa shape index (κ1) is 9.02. The number of rotatable bonds is 2. The highest BCUT2D eigenvalue weighted by Crippen LogP contribution is 2.15. The van der Waals surface area contributed by atoms with Gasteiger partial charge in [-0.25, -0.2) is 4.98 Å². The Bertz CT molecular complexity index is 473. The molecule has 2 aromatic rings. The number of nitrogens with zero attached hydrogens (tertiary/aromatic N) is 2. The summed E-state index contributed by atoms with van der Waals surface area (Å²) in [5.74, 6) is 0.254. The van der Waals surface area contributed by atoms with Crippen LogP contribution in [0, 0.1) is 0 Å². The number of furan rings is 1. The molecule has 0 aliphatic rings. The standard InChI is InChI=1S/C9H7ClN2O2/c1-12-5-4-11-9(12)8(13)6-2-3-7(10)14-6/h2-5H,1H3. The second-order valence-electron chi connectivity index (χ2n) is 2.79. The number of aryl methyl sites for hydroxylation is 1. The number of hydrogen-bond donors (Lipinski definition) is 0. The maximum Gasteiger partial charge on any atom is 0.263 e. The quantitative estimate of drug-likeness (QED) is 0.712. The molecule has 0 fully saturated rings. The third-order valence-corrected chi connectivity index (χ3v) is 2.02. The molecule has 0 amide bonds. The molecule has 0 unspecified atom stereocenters. The van der Waals surface area contributed by atoms with E-state index in [0.717, 1.165) is 0 Å². The molecule has 0 radical (unpaired) electrons. The van der Waals surface area contributed by atoms with Crippen molar-refractivity contribution >= 4 is 17.4 Å². The molecule has 2 aromatic heterocycles. The number of hydrogen-bond acceptors (Lipinski definition) is 3. The Morgan fingerprint density at radius 2 is 2.36 bits per heavy atom. The zero-order valence-corrected chi connectivity index (χ0v) is 8.15. The molecule has 0 aliphatic carbocycles. The maximum atomic E-state index is 11.7. The molecule has 0 saturated carbocycles. The lowest BCUT2D eigenvalue weighted by Gasteiger charge is -1.96. The lowest BCUT2D eigenvalue weighted by molar-refractivity contribution is 0.0996. The summed E-state index contributed by atoms with van der Waals surface area (Å²) in [6.07, 6.45) is 3.25. The van der Waals surface area contributed by atoms with Crippen LogP contribution in [0.3, 0.4) is 0 Å². The highest BCUT2D eigenvalue weighted by molar-refractivity contribution is 6.29. The molecular weight excluding hydrogens is 204 g/mol. The van der Waals surface area contributed by atoms with Crippen LogP contribution < -0.4 is 0 Å². The van der Waals surface area contributed by atoms with Crippen LogP contribution >= 0.6 is 11.6 Å². The van der Waals surface area contributed by atoms with Crippen LogP contribution in [0.1, 0.15) is 16.4 Å². The van der Waals surface area contributed by atoms with Gasteiger partial charge in [0.2, 0.25) is 0 Å². The molecule has 0 saturated heterocycles. The predicted octanol–water partition coefficient (Wildman–Crippen LogP) is 1.90. The number of imidazole rings is 1. The Morgan fingerprint density at radius 1 is 1.57 bits per heavy atom. The molecule has 0 N–H and O–H groups in total. The van der Waals surface area contributed by atoms with Gasteiger partial charge in [0.1, 0.15) is 0 Å². The Morgan fingerprint density at radius 3 is 2.86 bits per heavy atom. The van der Waals surface area contributed by atoms with Crippen LogP contribution in [0.4, 0.5) is 0 Å². The van der Waals surface area contributed by atoms with Crippen molar-refractivity contribution in [3.8, 4) is 0 Å². The Balaban J connectivity index is 2.38. The van der Waals surface area contributed by atoms with Crippen molar-refractivity contribution in [1.29, 1.82) is 0 Å². The van der Waals surface area contributed by atoms with E-state index in [1.165, 1.54) is 12.1 Å². The zero-order chi connectivity index (χ0) is 10.1. The summed E-state index contributed by atoms with van der Waals surface area (Å²) >= 11 is 5.56. The van der Waals surface area contributed by atoms with Gasteiger partial charge in [0.05, 0.1) is 0 Å². The molecule has 2 heterocycles. The van der Waals surface area contributed by atoms with Crippen molar-refractivity contribution in [3.63, 3.8) is 0 Å². The normalized spacial score (nSPS) is 10.4. The Kier molecular flexibility index (Phi) is 2.13. The van der Waals surface area contributed by atoms with E-state index in [1.54, 1.807) is 24.0 Å². The molecule has 2 rings (SSSR count). The van der Waals surface area contributed by atoms with Crippen molar-refractivity contribution in [2.75, 3.05) is 0 Å². The largest absolute Gasteiger partial charge is 0.441 e. The number of ketones is 1. The topological polar surface area (TPSA) is 48.0 Å². The minimum absolute atomic E-state index is 0.197. The summed E-state index contributed by atoms with van der Waals surface area (Å²) in [6, 6.07) is 3.05. The van der Waals surface area contributed by atoms with Crippen LogP contribution in [0.2, 0.25) is 5.22 Å². The van der Waals surface area contributed by atoms with Gasteiger partial charge in [-0.05, 0) is 23.7 Å². The molecule has 0 aromatic carbocycles. The van der Waals surface area contributed by atoms with Gasteiger partial charge in [0.15, 0.2) is 16.8 Å². The van der Waals surface area contributed by atoms with Gasteiger partial charge >= 0.3 is 0 Å². The van der Waals surface area contributed by atoms with E-state index in [-0.39, 0.29) is 16.8 Å². The van der Waals surface area contributed by atoms with E-state index >= 15 is 0 Å². The SMILES string of the molecule is Cn1ccnc1C(=O)c1ccc(Cl)o1. The first-order valence-corrected chi connectivity index (χ1v) is 4.33. The first-order valence-electron chi connectivity index (χ1n) is 3.96. The molecule has 5 heteroatoms. The van der Waals surface area contributed by atoms with Crippen molar-refractivity contribution in [2.45, 2.75) is 0 Å². The molecule has 14 heavy (non-hydrogen) atoms. The van der Waals surface area contributed by atoms with Gasteiger partial charge in [-0.1, -0.05) is 0 Å². The fourth-order valence-electron chi connectivity index (χ4n) is 1.13. The van der Waals surface area contributed by atoms with Gasteiger partial charge in [-0.3, -0.25) is 4.79 Å². The lowest BCUT2D eigenvalue weighted by atomic mass is 10.3. The minimum atomic E-state index is -0.274. The van der Waals surface area contributed by atoms with E-state index in [1.807, 2.05) is 0 Å². The summed E-state index contributed by atoms with van der Waals surface area (Å²) in [5.41, 5.74) is 0. The number of aromatic nitrogens is 2. The smallest absolute Gasteiger partial charge is 0.263 e. The van der Waals surface area contributed by atoms with E-state index in [2.05, 4.69) is 4.98 Å². The average molecular weight is 211 g/mol. The molecule has 72 valence electrons. The van der Waals surface area contributed by atoms with E-state index in [0.29, 0.717) is 5.82 Å². The number of halogens is 1. The fraction of sp³-hybridized carbons (Fsp3) is 0.111. The van der Waals surface area contributed by atoms with Crippen LogP contribution in [0.25, 0.3) is 0 Å². The third-order valence-electron chi connectivity index (χ3n) is 1.82. The van der Waals surface area contributed by atoms with Gasteiger partial charge in [0, 0.05) is 19.4 Å². The summed E-state index contributed by atoms with van der Waals surface area (Å²) in [7, 11) is 1.74. The molecule has 0 spiro atoms. The minimum Gasteiger partial charge on any atom is -0.441 e. The number of carbonyl (C=O) groups excluding carboxylic acids is 1. The third kappa shape index (κ3) is 1.44. The predicted molar refractivity (Wildman–Crippen MR) is 50.4 cm³/mol. The second-order valence-corrected chi connectivity index (χ2v) is 3.17. The van der Waals surface area contributed by atoms with Gasteiger partial charge in [-0.15, -0.1) is 0 Å². The monoisotopic (exact) mass is 210 g/mol. The molecule has 0 atom stereocenters. The summed E-state index contributed by atoms with van der Waals surface area (Å²) in [6.45, 7) is 0. The van der Waals surface area contributed by atoms with Crippen LogP contribution in [0.15, 0.2) is 28.9 Å². The summed E-state index contributed by atoms with van der Waals surface area (Å²) < 4.78 is 6.61. The summed E-state index contributed by atoms with van der Waals surface area (Å²) in [4.78, 5) is 15.6. The Hall–Kier alpha value is -1.55. The van der Waals surface area contributed by atoms with E-state index in [4.69, 9.17) is 16.0 Å². The van der Waals surface area contributed by atoms with Crippen LogP contribution in [0.5, 0.6) is 0 Å². The molecule has 4 nitrogen and oxygen atoms in total. The second kappa shape index (κ2) is 3.31. The number of carbonyl (C=O) groups is 1. The first-order chi connectivity index (χ1) is 6.68. The zero-order valence-electron chi connectivity index (χ0n) is 7.40. The van der Waals surface area contributed by atoms with E-state index < -0.39 is 0 Å². The average Bonchev–Trinajstić information content (AvgIpc) is 2.73. The van der Waals surface area contributed by atoms with Crippen LogP contribution in [-0.2, 0) is 7.05 Å². The van der Waals surface area contributed by atoms with Gasteiger partial charge in [0.25, 0.3) is 5.78 Å². The molecule has 0 bridgehead atoms. The van der Waals surface area contributed by atoms with Crippen molar-refractivity contribution in [2.24, 2.45) is 7.05 Å². The van der Waals surface area contributed by atoms with Crippen LogP contribution in [-0.4, -0.2) is 15.3 Å². The van der Waals surface area contributed by atoms with Crippen molar-refractivity contribution in [3.05, 3.63) is 41.3 Å². The van der Waals surface area contributed by atoms with Gasteiger partial charge in [-0.2, -0.15) is 0 Å². The van der Waals surface area contributed by atoms with Gasteiger partial charge < -0.3 is 8.98 Å². The van der Waals surface area contributed by atoms with Crippen molar-refractivity contribution < 1.29 is 9.21 Å². The molecule has 0 aliphatic heterocycles. The Labute approximate surface area is 85.1 Å². The molecular formula is C9H7ClN2O2. The maximum absolute atomic E-state index is 11.7. The highest BCUT2D eigenvalue weighted by atomic mass is 35.5. The van der Waals surface area contributed by atoms with E-state index in [9.17, 15) is 4.79 Å². The van der Waals surface area contributed by atoms with Crippen molar-refractivity contribution in [1.82, 2.24) is 9.55 Å².